The zero-order chi connectivity index (χ0) is 21.8. The van der Waals surface area contributed by atoms with E-state index >= 15 is 0 Å². The first-order valence-corrected chi connectivity index (χ1v) is 9.36. The molecule has 0 unspecified atom stereocenters. The number of carbonyl (C=O) groups excluding carboxylic acids is 1. The summed E-state index contributed by atoms with van der Waals surface area (Å²) >= 11 is 12.0. The lowest BCUT2D eigenvalue weighted by Crippen LogP contribution is -2.13. The number of nitrogens with one attached hydrogen (secondary N) is 1. The van der Waals surface area contributed by atoms with Crippen molar-refractivity contribution < 1.29 is 19.1 Å². The molecule has 0 radical (unpaired) electrons. The van der Waals surface area contributed by atoms with E-state index in [1.807, 2.05) is 13.0 Å². The summed E-state index contributed by atoms with van der Waals surface area (Å²) in [5, 5.41) is 21.6. The zero-order valence-electron chi connectivity index (χ0n) is 15.6. The Bertz CT molecular complexity index is 1220. The summed E-state index contributed by atoms with van der Waals surface area (Å²) in [4.78, 5) is 23.5. The second kappa shape index (κ2) is 8.87. The first-order valence-electron chi connectivity index (χ1n) is 8.61. The number of aryl methyl sites for hydroxylation is 1. The minimum atomic E-state index is -1.13. The number of hydrogen-bond acceptors (Lipinski definition) is 4. The Hall–Kier alpha value is -3.53. The molecule has 1 amide bonds. The molecule has 0 aliphatic carbocycles. The van der Waals surface area contributed by atoms with Gasteiger partial charge < -0.3 is 14.8 Å². The molecule has 1 heterocycles. The van der Waals surface area contributed by atoms with Gasteiger partial charge in [-0.1, -0.05) is 35.3 Å². The van der Waals surface area contributed by atoms with Crippen molar-refractivity contribution in [2.24, 2.45) is 0 Å². The fourth-order valence-electron chi connectivity index (χ4n) is 2.59. The molecule has 0 aliphatic heterocycles. The Labute approximate surface area is 182 Å². The van der Waals surface area contributed by atoms with Gasteiger partial charge in [0.1, 0.15) is 23.2 Å². The molecule has 3 aromatic rings. The standard InChI is InChI=1S/C22H14Cl2N2O4/c1-12-2-4-15(10-18(12)23)26-21(27)14(11-25)8-16-5-7-20(30-16)13-3-6-17(22(28)29)19(24)9-13/h2-10H,1H3,(H,26,27)(H,28,29)/b14-8+. The largest absolute Gasteiger partial charge is 0.478 e. The minimum absolute atomic E-state index is 0.0215. The molecular formula is C22H14Cl2N2O4. The number of anilines is 1. The summed E-state index contributed by atoms with van der Waals surface area (Å²) < 4.78 is 5.66. The molecule has 0 fully saturated rings. The third kappa shape index (κ3) is 4.71. The van der Waals surface area contributed by atoms with Crippen LogP contribution in [0.5, 0.6) is 0 Å². The monoisotopic (exact) mass is 440 g/mol. The molecule has 1 aromatic heterocycles. The van der Waals surface area contributed by atoms with Crippen LogP contribution in [-0.4, -0.2) is 17.0 Å². The van der Waals surface area contributed by atoms with Gasteiger partial charge in [0, 0.05) is 22.3 Å². The van der Waals surface area contributed by atoms with Crippen LogP contribution in [0.25, 0.3) is 17.4 Å². The summed E-state index contributed by atoms with van der Waals surface area (Å²) in [5.41, 5.74) is 1.70. The molecule has 0 saturated heterocycles. The van der Waals surface area contributed by atoms with Gasteiger partial charge in [-0.25, -0.2) is 4.79 Å². The summed E-state index contributed by atoms with van der Waals surface area (Å²) in [6.07, 6.45) is 1.31. The van der Waals surface area contributed by atoms with Crippen LogP contribution in [0.4, 0.5) is 5.69 Å². The van der Waals surface area contributed by atoms with E-state index in [2.05, 4.69) is 5.32 Å². The number of aromatic carboxylic acids is 1. The summed E-state index contributed by atoms with van der Waals surface area (Å²) in [5.74, 6) is -1.06. The number of nitrogens with zero attached hydrogens (tertiary/aromatic N) is 1. The van der Waals surface area contributed by atoms with Gasteiger partial charge in [0.05, 0.1) is 10.6 Å². The SMILES string of the molecule is Cc1ccc(NC(=O)/C(C#N)=C/c2ccc(-c3ccc(C(=O)O)c(Cl)c3)o2)cc1Cl. The first kappa shape index (κ1) is 21.2. The van der Waals surface area contributed by atoms with E-state index in [1.165, 1.54) is 18.2 Å². The Morgan fingerprint density at radius 3 is 2.50 bits per heavy atom. The number of hydrogen-bond donors (Lipinski definition) is 2. The van der Waals surface area contributed by atoms with E-state index in [4.69, 9.17) is 32.7 Å². The second-order valence-electron chi connectivity index (χ2n) is 6.29. The molecule has 0 bridgehead atoms. The third-order valence-corrected chi connectivity index (χ3v) is 4.91. The number of nitriles is 1. The van der Waals surface area contributed by atoms with Crippen molar-refractivity contribution in [1.82, 2.24) is 0 Å². The van der Waals surface area contributed by atoms with Crippen molar-refractivity contribution in [3.05, 3.63) is 81.0 Å². The van der Waals surface area contributed by atoms with Crippen LogP contribution in [0.3, 0.4) is 0 Å². The molecule has 8 heteroatoms. The van der Waals surface area contributed by atoms with E-state index < -0.39 is 11.9 Å². The van der Waals surface area contributed by atoms with E-state index in [0.29, 0.717) is 22.0 Å². The second-order valence-corrected chi connectivity index (χ2v) is 7.10. The van der Waals surface area contributed by atoms with Gasteiger partial charge in [-0.05, 0) is 48.9 Å². The number of rotatable bonds is 5. The number of carbonyl (C=O) groups is 2. The molecule has 6 nitrogen and oxygen atoms in total. The quantitative estimate of drug-likeness (QED) is 0.385. The Balaban J connectivity index is 1.82. The fourth-order valence-corrected chi connectivity index (χ4v) is 3.03. The molecule has 3 rings (SSSR count). The van der Waals surface area contributed by atoms with Crippen molar-refractivity contribution in [3.63, 3.8) is 0 Å². The highest BCUT2D eigenvalue weighted by Gasteiger charge is 2.14. The average Bonchev–Trinajstić information content (AvgIpc) is 3.17. The lowest BCUT2D eigenvalue weighted by atomic mass is 10.1. The average molecular weight is 441 g/mol. The number of furan rings is 1. The molecule has 0 saturated carbocycles. The summed E-state index contributed by atoms with van der Waals surface area (Å²) in [6, 6.07) is 14.5. The van der Waals surface area contributed by atoms with Gasteiger partial charge in [0.2, 0.25) is 0 Å². The molecule has 30 heavy (non-hydrogen) atoms. The zero-order valence-corrected chi connectivity index (χ0v) is 17.1. The van der Waals surface area contributed by atoms with Gasteiger partial charge >= 0.3 is 5.97 Å². The van der Waals surface area contributed by atoms with Crippen molar-refractivity contribution in [2.45, 2.75) is 6.92 Å². The maximum atomic E-state index is 12.4. The van der Waals surface area contributed by atoms with Crippen LogP contribution in [0.2, 0.25) is 10.0 Å². The molecule has 0 aliphatic rings. The van der Waals surface area contributed by atoms with Gasteiger partial charge in [0.15, 0.2) is 0 Å². The summed E-state index contributed by atoms with van der Waals surface area (Å²) in [7, 11) is 0. The molecule has 2 N–H and O–H groups in total. The third-order valence-electron chi connectivity index (χ3n) is 4.19. The van der Waals surface area contributed by atoms with E-state index in [0.717, 1.165) is 5.56 Å². The van der Waals surface area contributed by atoms with Crippen LogP contribution in [-0.2, 0) is 4.79 Å². The van der Waals surface area contributed by atoms with Crippen LogP contribution in [0, 0.1) is 18.3 Å². The predicted molar refractivity (Wildman–Crippen MR) is 115 cm³/mol. The minimum Gasteiger partial charge on any atom is -0.478 e. The van der Waals surface area contributed by atoms with Crippen LogP contribution < -0.4 is 5.32 Å². The lowest BCUT2D eigenvalue weighted by molar-refractivity contribution is -0.112. The Morgan fingerprint density at radius 2 is 1.87 bits per heavy atom. The van der Waals surface area contributed by atoms with Crippen molar-refractivity contribution >= 4 is 46.8 Å². The van der Waals surface area contributed by atoms with Crippen molar-refractivity contribution in [3.8, 4) is 17.4 Å². The van der Waals surface area contributed by atoms with Crippen LogP contribution in [0.1, 0.15) is 21.7 Å². The van der Waals surface area contributed by atoms with E-state index in [1.54, 1.807) is 36.4 Å². The Morgan fingerprint density at radius 1 is 1.10 bits per heavy atom. The predicted octanol–water partition coefficient (Wildman–Crippen LogP) is 5.81. The number of carboxylic acid groups (broad SMARTS) is 1. The fraction of sp³-hybridized carbons (Fsp3) is 0.0455. The number of carboxylic acids is 1. The smallest absolute Gasteiger partial charge is 0.337 e. The molecule has 0 spiro atoms. The maximum Gasteiger partial charge on any atom is 0.337 e. The van der Waals surface area contributed by atoms with E-state index in [-0.39, 0.29) is 21.9 Å². The van der Waals surface area contributed by atoms with Crippen LogP contribution in [0.15, 0.2) is 58.5 Å². The topological polar surface area (TPSA) is 103 Å². The first-order chi connectivity index (χ1) is 14.3. The van der Waals surface area contributed by atoms with Crippen LogP contribution >= 0.6 is 23.2 Å². The number of benzene rings is 2. The molecule has 0 atom stereocenters. The van der Waals surface area contributed by atoms with Gasteiger partial charge in [-0.3, -0.25) is 4.79 Å². The normalized spacial score (nSPS) is 11.1. The number of amides is 1. The highest BCUT2D eigenvalue weighted by molar-refractivity contribution is 6.33. The van der Waals surface area contributed by atoms with Gasteiger partial charge in [0.25, 0.3) is 5.91 Å². The van der Waals surface area contributed by atoms with E-state index in [9.17, 15) is 14.9 Å². The van der Waals surface area contributed by atoms with Gasteiger partial charge in [-0.2, -0.15) is 5.26 Å². The highest BCUT2D eigenvalue weighted by atomic mass is 35.5. The molecule has 2 aromatic carbocycles. The lowest BCUT2D eigenvalue weighted by Gasteiger charge is -2.06. The molecule has 150 valence electrons. The van der Waals surface area contributed by atoms with Crippen molar-refractivity contribution in [1.29, 1.82) is 5.26 Å². The maximum absolute atomic E-state index is 12.4. The highest BCUT2D eigenvalue weighted by Crippen LogP contribution is 2.28. The van der Waals surface area contributed by atoms with Crippen molar-refractivity contribution in [2.75, 3.05) is 5.32 Å². The summed E-state index contributed by atoms with van der Waals surface area (Å²) in [6.45, 7) is 1.84. The number of halogens is 2. The molecular weight excluding hydrogens is 427 g/mol. The van der Waals surface area contributed by atoms with Gasteiger partial charge in [-0.15, -0.1) is 0 Å². The Kier molecular flexibility index (Phi) is 6.26.